The number of para-hydroxylation sites is 1. The molecule has 6 nitrogen and oxygen atoms in total. The summed E-state index contributed by atoms with van der Waals surface area (Å²) in [6, 6.07) is 7.72. The third kappa shape index (κ3) is 5.05. The highest BCUT2D eigenvalue weighted by Crippen LogP contribution is 2.30. The van der Waals surface area contributed by atoms with Crippen molar-refractivity contribution >= 4 is 56.2 Å². The first-order valence-electron chi connectivity index (χ1n) is 10.7. The molecule has 3 heterocycles. The second-order valence-electron chi connectivity index (χ2n) is 8.19. The molecule has 1 N–H and O–H groups in total. The number of nitrogens with zero attached hydrogens (tertiary/aromatic N) is 3. The molecule has 0 aliphatic rings. The molecule has 0 radical (unpaired) electrons. The minimum absolute atomic E-state index is 0.00707. The van der Waals surface area contributed by atoms with E-state index in [0.717, 1.165) is 42.6 Å². The highest BCUT2D eigenvalue weighted by atomic mass is 32.2. The molecular weight excluding hydrogens is 472 g/mol. The van der Waals surface area contributed by atoms with Gasteiger partial charge in [-0.2, -0.15) is 0 Å². The van der Waals surface area contributed by atoms with Gasteiger partial charge in [0, 0.05) is 27.7 Å². The second-order valence-corrected chi connectivity index (χ2v) is 11.3. The van der Waals surface area contributed by atoms with E-state index >= 15 is 0 Å². The predicted molar refractivity (Wildman–Crippen MR) is 139 cm³/mol. The van der Waals surface area contributed by atoms with Crippen molar-refractivity contribution in [1.29, 1.82) is 0 Å². The first-order valence-corrected chi connectivity index (χ1v) is 13.4. The van der Waals surface area contributed by atoms with Gasteiger partial charge in [-0.15, -0.1) is 22.7 Å². The normalized spacial score (nSPS) is 11.5. The summed E-state index contributed by atoms with van der Waals surface area (Å²) < 4.78 is 1.77. The van der Waals surface area contributed by atoms with E-state index in [1.54, 1.807) is 15.9 Å². The molecule has 0 saturated heterocycles. The lowest BCUT2D eigenvalue weighted by Crippen LogP contribution is -2.24. The number of rotatable bonds is 7. The van der Waals surface area contributed by atoms with Crippen LogP contribution in [0.4, 0.5) is 5.69 Å². The van der Waals surface area contributed by atoms with Crippen LogP contribution in [0.2, 0.25) is 0 Å². The first kappa shape index (κ1) is 23.7. The Labute approximate surface area is 205 Å². The lowest BCUT2D eigenvalue weighted by molar-refractivity contribution is -0.115. The lowest BCUT2D eigenvalue weighted by atomic mass is 10.2. The maximum Gasteiger partial charge on any atom is 0.263 e. The Balaban J connectivity index is 1.48. The largest absolute Gasteiger partial charge is 0.325 e. The van der Waals surface area contributed by atoms with E-state index in [0.29, 0.717) is 10.9 Å². The number of thioether (sulfide) groups is 1. The summed E-state index contributed by atoms with van der Waals surface area (Å²) in [5, 5.41) is 7.12. The van der Waals surface area contributed by atoms with Crippen molar-refractivity contribution in [3.05, 3.63) is 66.7 Å². The molecular formula is C24H26N4O2S3. The summed E-state index contributed by atoms with van der Waals surface area (Å²) >= 11 is 4.55. The Morgan fingerprint density at radius 3 is 2.67 bits per heavy atom. The molecule has 1 amide bonds. The quantitative estimate of drug-likeness (QED) is 0.254. The van der Waals surface area contributed by atoms with Crippen molar-refractivity contribution in [2.75, 3.05) is 5.32 Å². The number of carbonyl (C=O) groups is 1. The van der Waals surface area contributed by atoms with Gasteiger partial charge in [-0.1, -0.05) is 30.0 Å². The van der Waals surface area contributed by atoms with Crippen LogP contribution in [0.15, 0.2) is 39.6 Å². The predicted octanol–water partition coefficient (Wildman–Crippen LogP) is 5.89. The number of aryl methyl sites for hydroxylation is 3. The van der Waals surface area contributed by atoms with Gasteiger partial charge in [-0.05, 0) is 51.8 Å². The Bertz CT molecular complexity index is 1380. The van der Waals surface area contributed by atoms with Crippen LogP contribution in [0.25, 0.3) is 10.2 Å². The van der Waals surface area contributed by atoms with Crippen LogP contribution in [-0.4, -0.2) is 20.4 Å². The van der Waals surface area contributed by atoms with Crippen LogP contribution < -0.4 is 10.9 Å². The molecule has 4 aromatic rings. The van der Waals surface area contributed by atoms with Gasteiger partial charge in [-0.25, -0.2) is 9.97 Å². The third-order valence-electron chi connectivity index (χ3n) is 5.40. The number of thiophene rings is 1. The lowest BCUT2D eigenvalue weighted by Gasteiger charge is -2.15. The summed E-state index contributed by atoms with van der Waals surface area (Å²) in [5.74, 6) is 0.506. The molecule has 0 saturated carbocycles. The molecule has 0 aliphatic carbocycles. The van der Waals surface area contributed by atoms with Gasteiger partial charge >= 0.3 is 0 Å². The number of fused-ring (bicyclic) bond motifs is 1. The van der Waals surface area contributed by atoms with Crippen molar-refractivity contribution < 1.29 is 4.79 Å². The summed E-state index contributed by atoms with van der Waals surface area (Å²) in [4.78, 5) is 37.0. The van der Waals surface area contributed by atoms with Gasteiger partial charge in [0.15, 0.2) is 5.16 Å². The van der Waals surface area contributed by atoms with Gasteiger partial charge < -0.3 is 5.32 Å². The van der Waals surface area contributed by atoms with E-state index in [2.05, 4.69) is 10.3 Å². The molecule has 9 heteroatoms. The van der Waals surface area contributed by atoms with Gasteiger partial charge in [0.2, 0.25) is 5.91 Å². The number of hydrogen-bond acceptors (Lipinski definition) is 7. The molecule has 3 aromatic heterocycles. The van der Waals surface area contributed by atoms with Crippen LogP contribution >= 0.6 is 34.4 Å². The number of carbonyl (C=O) groups excluding carboxylic acids is 1. The van der Waals surface area contributed by atoms with Crippen molar-refractivity contribution in [2.24, 2.45) is 0 Å². The van der Waals surface area contributed by atoms with Crippen LogP contribution in [0.3, 0.4) is 0 Å². The summed E-state index contributed by atoms with van der Waals surface area (Å²) in [7, 11) is 0. The van der Waals surface area contributed by atoms with Gasteiger partial charge in [0.25, 0.3) is 5.56 Å². The number of benzene rings is 1. The summed E-state index contributed by atoms with van der Waals surface area (Å²) in [6.45, 7) is 9.98. The zero-order valence-electron chi connectivity index (χ0n) is 19.3. The fourth-order valence-electron chi connectivity index (χ4n) is 3.52. The number of hydrogen-bond donors (Lipinski definition) is 1. The van der Waals surface area contributed by atoms with E-state index in [1.165, 1.54) is 23.1 Å². The van der Waals surface area contributed by atoms with E-state index < -0.39 is 0 Å². The smallest absolute Gasteiger partial charge is 0.263 e. The number of amides is 1. The standard InChI is InChI=1S/C24H26N4O2S3/c1-13(2)28-23(30)21-15(4)16(5)33-22(21)27-24(28)32-12-17-11-31-20(25-17)10-19(29)26-18-9-7-6-8-14(18)3/h6-9,11,13H,10,12H2,1-5H3,(H,26,29). The van der Waals surface area contributed by atoms with Crippen molar-refractivity contribution in [3.63, 3.8) is 0 Å². The van der Waals surface area contributed by atoms with Gasteiger partial charge in [0.1, 0.15) is 9.84 Å². The topological polar surface area (TPSA) is 76.9 Å². The molecule has 4 rings (SSSR count). The Hall–Kier alpha value is -2.49. The fraction of sp³-hybridized carbons (Fsp3) is 0.333. The molecule has 0 spiro atoms. The molecule has 33 heavy (non-hydrogen) atoms. The van der Waals surface area contributed by atoms with E-state index in [1.807, 2.05) is 64.3 Å². The van der Waals surface area contributed by atoms with Crippen molar-refractivity contribution in [3.8, 4) is 0 Å². The highest BCUT2D eigenvalue weighted by Gasteiger charge is 2.19. The highest BCUT2D eigenvalue weighted by molar-refractivity contribution is 7.98. The Kier molecular flexibility index (Phi) is 7.02. The molecule has 0 aliphatic heterocycles. The average molecular weight is 499 g/mol. The number of anilines is 1. The Morgan fingerprint density at radius 2 is 1.94 bits per heavy atom. The molecule has 0 bridgehead atoms. The second kappa shape index (κ2) is 9.79. The minimum atomic E-state index is -0.0814. The number of nitrogens with one attached hydrogen (secondary N) is 1. The first-order chi connectivity index (χ1) is 15.7. The van der Waals surface area contributed by atoms with Crippen molar-refractivity contribution in [2.45, 2.75) is 58.0 Å². The Morgan fingerprint density at radius 1 is 1.18 bits per heavy atom. The SMILES string of the molecule is Cc1ccccc1NC(=O)Cc1nc(CSc2nc3sc(C)c(C)c3c(=O)n2C(C)C)cs1. The molecule has 0 atom stereocenters. The van der Waals surface area contributed by atoms with E-state index in [9.17, 15) is 9.59 Å². The molecule has 0 unspecified atom stereocenters. The minimum Gasteiger partial charge on any atom is -0.325 e. The monoisotopic (exact) mass is 498 g/mol. The van der Waals surface area contributed by atoms with Crippen molar-refractivity contribution in [1.82, 2.24) is 14.5 Å². The maximum absolute atomic E-state index is 13.2. The molecule has 172 valence electrons. The van der Waals surface area contributed by atoms with Gasteiger partial charge in [-0.3, -0.25) is 14.2 Å². The average Bonchev–Trinajstić information content (AvgIpc) is 3.31. The zero-order valence-corrected chi connectivity index (χ0v) is 21.7. The molecule has 0 fully saturated rings. The summed E-state index contributed by atoms with van der Waals surface area (Å²) in [6.07, 6.45) is 0.234. The van der Waals surface area contributed by atoms with E-state index in [4.69, 9.17) is 4.98 Å². The third-order valence-corrected chi connectivity index (χ3v) is 8.38. The van der Waals surface area contributed by atoms with Crippen LogP contribution in [-0.2, 0) is 17.0 Å². The van der Waals surface area contributed by atoms with Gasteiger partial charge in [0.05, 0.1) is 17.5 Å². The van der Waals surface area contributed by atoms with Crippen LogP contribution in [0.5, 0.6) is 0 Å². The van der Waals surface area contributed by atoms with E-state index in [-0.39, 0.29) is 23.9 Å². The molecule has 1 aromatic carbocycles. The maximum atomic E-state index is 13.2. The van der Waals surface area contributed by atoms with Crippen LogP contribution in [0.1, 0.15) is 46.6 Å². The zero-order chi connectivity index (χ0) is 23.7. The number of thiazole rings is 1. The van der Waals surface area contributed by atoms with Crippen LogP contribution in [0, 0.1) is 20.8 Å². The summed E-state index contributed by atoms with van der Waals surface area (Å²) in [5.41, 5.74) is 3.77. The number of aromatic nitrogens is 3. The fourth-order valence-corrected chi connectivity index (χ4v) is 6.51.